The van der Waals surface area contributed by atoms with E-state index >= 15 is 0 Å². The minimum Gasteiger partial charge on any atom is -0.464 e. The van der Waals surface area contributed by atoms with Crippen LogP contribution in [-0.2, 0) is 12.8 Å². The van der Waals surface area contributed by atoms with Crippen LogP contribution in [0.25, 0.3) is 11.0 Å². The van der Waals surface area contributed by atoms with Crippen LogP contribution in [0.15, 0.2) is 28.9 Å². The Bertz CT molecular complexity index is 560. The van der Waals surface area contributed by atoms with E-state index in [1.54, 1.807) is 6.26 Å². The van der Waals surface area contributed by atoms with E-state index in [9.17, 15) is 4.79 Å². The van der Waals surface area contributed by atoms with Gasteiger partial charge < -0.3 is 15.1 Å². The molecule has 4 nitrogen and oxygen atoms in total. The molecule has 2 N–H and O–H groups in total. The van der Waals surface area contributed by atoms with Gasteiger partial charge in [-0.05, 0) is 43.0 Å². The summed E-state index contributed by atoms with van der Waals surface area (Å²) in [5.74, 6) is 0. The van der Waals surface area contributed by atoms with Crippen LogP contribution in [0.5, 0.6) is 0 Å². The van der Waals surface area contributed by atoms with Crippen molar-refractivity contribution in [3.63, 3.8) is 0 Å². The van der Waals surface area contributed by atoms with Gasteiger partial charge in [-0.1, -0.05) is 13.0 Å². The molecule has 2 rings (SSSR count). The molecule has 0 saturated carbocycles. The molecule has 0 unspecified atom stereocenters. The highest BCUT2D eigenvalue weighted by Gasteiger charge is 2.07. The average Bonchev–Trinajstić information content (AvgIpc) is 2.81. The lowest BCUT2D eigenvalue weighted by Gasteiger charge is -2.05. The molecule has 1 heterocycles. The van der Waals surface area contributed by atoms with Crippen molar-refractivity contribution < 1.29 is 9.21 Å². The van der Waals surface area contributed by atoms with Gasteiger partial charge in [0.25, 0.3) is 0 Å². The molecule has 0 aliphatic heterocycles. The summed E-state index contributed by atoms with van der Waals surface area (Å²) in [6.07, 6.45) is 3.57. The first-order valence-corrected chi connectivity index (χ1v) is 6.75. The van der Waals surface area contributed by atoms with Gasteiger partial charge in [-0.3, -0.25) is 0 Å². The fraction of sp³-hybridized carbons (Fsp3) is 0.400. The van der Waals surface area contributed by atoms with Crippen molar-refractivity contribution in [2.24, 2.45) is 0 Å². The molecule has 0 saturated heterocycles. The maximum Gasteiger partial charge on any atom is 0.314 e. The summed E-state index contributed by atoms with van der Waals surface area (Å²) in [4.78, 5) is 11.3. The highest BCUT2D eigenvalue weighted by atomic mass is 16.3. The number of carbonyl (C=O) groups excluding carboxylic acids is 1. The second kappa shape index (κ2) is 6.27. The fourth-order valence-electron chi connectivity index (χ4n) is 2.08. The Morgan fingerprint density at radius 1 is 1.26 bits per heavy atom. The van der Waals surface area contributed by atoms with Gasteiger partial charge in [0.1, 0.15) is 5.58 Å². The van der Waals surface area contributed by atoms with Crippen molar-refractivity contribution in [1.82, 2.24) is 10.6 Å². The maximum absolute atomic E-state index is 11.3. The number of fused-ring (bicyclic) bond motifs is 1. The third-order valence-corrected chi connectivity index (χ3v) is 3.14. The average molecular weight is 260 g/mol. The number of amides is 2. The van der Waals surface area contributed by atoms with E-state index in [0.29, 0.717) is 13.1 Å². The van der Waals surface area contributed by atoms with E-state index < -0.39 is 0 Å². The Hall–Kier alpha value is -1.97. The second-order valence-corrected chi connectivity index (χ2v) is 4.48. The number of hydrogen-bond acceptors (Lipinski definition) is 2. The van der Waals surface area contributed by atoms with Gasteiger partial charge in [-0.25, -0.2) is 4.79 Å². The first-order valence-electron chi connectivity index (χ1n) is 6.75. The smallest absolute Gasteiger partial charge is 0.314 e. The van der Waals surface area contributed by atoms with Crippen LogP contribution in [0.4, 0.5) is 4.79 Å². The molecule has 19 heavy (non-hydrogen) atoms. The second-order valence-electron chi connectivity index (χ2n) is 4.48. The molecule has 1 aromatic carbocycles. The van der Waals surface area contributed by atoms with Crippen molar-refractivity contribution >= 4 is 17.0 Å². The minimum absolute atomic E-state index is 0.121. The highest BCUT2D eigenvalue weighted by molar-refractivity contribution is 5.82. The summed E-state index contributed by atoms with van der Waals surface area (Å²) >= 11 is 0. The van der Waals surface area contributed by atoms with Crippen molar-refractivity contribution in [2.75, 3.05) is 13.1 Å². The Kier molecular flexibility index (Phi) is 4.44. The van der Waals surface area contributed by atoms with Gasteiger partial charge in [-0.2, -0.15) is 0 Å². The number of furan rings is 1. The molecule has 2 aromatic rings. The van der Waals surface area contributed by atoms with Crippen LogP contribution in [0, 0.1) is 0 Å². The van der Waals surface area contributed by atoms with Crippen LogP contribution < -0.4 is 10.6 Å². The highest BCUT2D eigenvalue weighted by Crippen LogP contribution is 2.23. The lowest BCUT2D eigenvalue weighted by molar-refractivity contribution is 0.241. The van der Waals surface area contributed by atoms with Crippen LogP contribution in [0.3, 0.4) is 0 Å². The zero-order chi connectivity index (χ0) is 13.7. The van der Waals surface area contributed by atoms with E-state index in [-0.39, 0.29) is 6.03 Å². The zero-order valence-corrected chi connectivity index (χ0v) is 11.5. The molecular weight excluding hydrogens is 240 g/mol. The van der Waals surface area contributed by atoms with E-state index in [4.69, 9.17) is 4.42 Å². The third-order valence-electron chi connectivity index (χ3n) is 3.14. The number of rotatable bonds is 5. The normalized spacial score (nSPS) is 10.6. The van der Waals surface area contributed by atoms with Crippen LogP contribution in [-0.4, -0.2) is 19.1 Å². The summed E-state index contributed by atoms with van der Waals surface area (Å²) in [5.41, 5.74) is 3.35. The van der Waals surface area contributed by atoms with E-state index in [1.807, 2.05) is 13.0 Å². The summed E-state index contributed by atoms with van der Waals surface area (Å²) in [6.45, 7) is 5.28. The topological polar surface area (TPSA) is 54.3 Å². The predicted molar refractivity (Wildman–Crippen MR) is 76.4 cm³/mol. The molecule has 1 aromatic heterocycles. The fourth-order valence-corrected chi connectivity index (χ4v) is 2.08. The van der Waals surface area contributed by atoms with Crippen LogP contribution in [0.1, 0.15) is 25.0 Å². The summed E-state index contributed by atoms with van der Waals surface area (Å²) < 4.78 is 5.53. The Morgan fingerprint density at radius 3 is 2.84 bits per heavy atom. The number of urea groups is 1. The number of carbonyl (C=O) groups is 1. The number of benzene rings is 1. The van der Waals surface area contributed by atoms with Crippen molar-refractivity contribution in [3.05, 3.63) is 35.6 Å². The Balaban J connectivity index is 2.02. The quantitative estimate of drug-likeness (QED) is 0.868. The van der Waals surface area contributed by atoms with Crippen LogP contribution >= 0.6 is 0 Å². The number of aryl methyl sites for hydroxylation is 1. The van der Waals surface area contributed by atoms with Crippen molar-refractivity contribution in [2.45, 2.75) is 26.7 Å². The molecule has 0 aliphatic rings. The largest absolute Gasteiger partial charge is 0.464 e. The molecule has 0 atom stereocenters. The standard InChI is InChI=1S/C15H20N2O2/c1-3-11-5-6-14-13(9-11)12(10-19-14)7-8-17-15(18)16-4-2/h5-6,9-10H,3-4,7-8H2,1-2H3,(H2,16,17,18). The SMILES string of the molecule is CCNC(=O)NCCc1coc2ccc(CC)cc12. The van der Waals surface area contributed by atoms with Gasteiger partial charge in [0.05, 0.1) is 6.26 Å². The van der Waals surface area contributed by atoms with Crippen LogP contribution in [0.2, 0.25) is 0 Å². The molecule has 102 valence electrons. The summed E-state index contributed by atoms with van der Waals surface area (Å²) in [6, 6.07) is 6.14. The zero-order valence-electron chi connectivity index (χ0n) is 11.5. The summed E-state index contributed by atoms with van der Waals surface area (Å²) in [5, 5.41) is 6.68. The predicted octanol–water partition coefficient (Wildman–Crippen LogP) is 2.86. The number of nitrogens with one attached hydrogen (secondary N) is 2. The van der Waals surface area contributed by atoms with E-state index in [2.05, 4.69) is 29.7 Å². The van der Waals surface area contributed by atoms with Gasteiger partial charge in [-0.15, -0.1) is 0 Å². The van der Waals surface area contributed by atoms with E-state index in [0.717, 1.165) is 29.4 Å². The van der Waals surface area contributed by atoms with Crippen molar-refractivity contribution in [3.8, 4) is 0 Å². The molecule has 0 aliphatic carbocycles. The monoisotopic (exact) mass is 260 g/mol. The molecule has 0 fully saturated rings. The Morgan fingerprint density at radius 2 is 2.11 bits per heavy atom. The van der Waals surface area contributed by atoms with Crippen molar-refractivity contribution in [1.29, 1.82) is 0 Å². The maximum atomic E-state index is 11.3. The summed E-state index contributed by atoms with van der Waals surface area (Å²) in [7, 11) is 0. The molecule has 0 spiro atoms. The minimum atomic E-state index is -0.121. The van der Waals surface area contributed by atoms with Gasteiger partial charge in [0, 0.05) is 18.5 Å². The van der Waals surface area contributed by atoms with E-state index in [1.165, 1.54) is 5.56 Å². The number of hydrogen-bond donors (Lipinski definition) is 2. The molecule has 0 radical (unpaired) electrons. The van der Waals surface area contributed by atoms with Gasteiger partial charge in [0.2, 0.25) is 0 Å². The molecule has 0 bridgehead atoms. The van der Waals surface area contributed by atoms with Gasteiger partial charge in [0.15, 0.2) is 0 Å². The molecular formula is C15H20N2O2. The molecule has 2 amide bonds. The lowest BCUT2D eigenvalue weighted by atomic mass is 10.1. The molecule has 4 heteroatoms. The lowest BCUT2D eigenvalue weighted by Crippen LogP contribution is -2.36. The first-order chi connectivity index (χ1) is 9.24. The third kappa shape index (κ3) is 3.28. The first kappa shape index (κ1) is 13.5. The Labute approximate surface area is 113 Å². The van der Waals surface area contributed by atoms with Gasteiger partial charge >= 0.3 is 6.03 Å².